The van der Waals surface area contributed by atoms with Gasteiger partial charge in [-0.2, -0.15) is 0 Å². The van der Waals surface area contributed by atoms with Crippen molar-refractivity contribution in [1.82, 2.24) is 0 Å². The molecule has 0 saturated heterocycles. The number of phenols is 1. The van der Waals surface area contributed by atoms with Crippen LogP contribution in [0.3, 0.4) is 0 Å². The molecule has 1 aliphatic rings. The Balaban J connectivity index is 2.33. The molecule has 1 atom stereocenters. The fourth-order valence-corrected chi connectivity index (χ4v) is 4.93. The lowest BCUT2D eigenvalue weighted by atomic mass is 9.90. The molecular formula is C13H12Br2Cl2O2. The molecule has 6 heteroatoms. The van der Waals surface area contributed by atoms with Gasteiger partial charge in [-0.05, 0) is 29.7 Å². The van der Waals surface area contributed by atoms with Gasteiger partial charge in [0.25, 0.3) is 0 Å². The van der Waals surface area contributed by atoms with Crippen molar-refractivity contribution >= 4 is 55.1 Å². The number of alkyl halides is 4. The average molecular weight is 431 g/mol. The number of hydrogen-bond acceptors (Lipinski definition) is 2. The Morgan fingerprint density at radius 3 is 2.53 bits per heavy atom. The molecule has 2 rings (SSSR count). The van der Waals surface area contributed by atoms with E-state index in [0.717, 1.165) is 5.56 Å². The Morgan fingerprint density at radius 1 is 1.26 bits per heavy atom. The highest BCUT2D eigenvalue weighted by molar-refractivity contribution is 9.25. The van der Waals surface area contributed by atoms with Gasteiger partial charge in [-0.25, -0.2) is 0 Å². The number of aromatic hydroxyl groups is 1. The second kappa shape index (κ2) is 5.57. The van der Waals surface area contributed by atoms with Gasteiger partial charge in [0, 0.05) is 6.42 Å². The molecule has 0 spiro atoms. The molecule has 19 heavy (non-hydrogen) atoms. The molecule has 0 fully saturated rings. The van der Waals surface area contributed by atoms with Crippen LogP contribution < -0.4 is 0 Å². The summed E-state index contributed by atoms with van der Waals surface area (Å²) in [5.41, 5.74) is 1.38. The fraction of sp³-hybridized carbons (Fsp3) is 0.385. The van der Waals surface area contributed by atoms with Crippen LogP contribution in [-0.4, -0.2) is 23.9 Å². The van der Waals surface area contributed by atoms with Crippen molar-refractivity contribution in [2.75, 3.05) is 0 Å². The van der Waals surface area contributed by atoms with Gasteiger partial charge in [-0.1, -0.05) is 73.3 Å². The predicted octanol–water partition coefficient (Wildman–Crippen LogP) is 4.29. The molecule has 0 aliphatic heterocycles. The fourth-order valence-electron chi connectivity index (χ4n) is 2.11. The zero-order valence-electron chi connectivity index (χ0n) is 9.78. The lowest BCUT2D eigenvalue weighted by Gasteiger charge is -2.38. The Labute approximate surface area is 138 Å². The maximum Gasteiger partial charge on any atom is 0.138 e. The molecule has 0 heterocycles. The molecule has 104 valence electrons. The van der Waals surface area contributed by atoms with Crippen LogP contribution in [0.2, 0.25) is 0 Å². The van der Waals surface area contributed by atoms with Gasteiger partial charge in [0.1, 0.15) is 19.4 Å². The Kier molecular flexibility index (Phi) is 4.58. The first-order valence-electron chi connectivity index (χ1n) is 5.63. The highest BCUT2D eigenvalue weighted by Crippen LogP contribution is 2.50. The molecule has 0 bridgehead atoms. The van der Waals surface area contributed by atoms with Gasteiger partial charge in [0.15, 0.2) is 0 Å². The van der Waals surface area contributed by atoms with Crippen molar-refractivity contribution in [3.8, 4) is 5.75 Å². The average Bonchev–Trinajstić information content (AvgIpc) is 2.27. The van der Waals surface area contributed by atoms with E-state index in [4.69, 9.17) is 23.2 Å². The number of aliphatic hydroxyl groups excluding tert-OH is 1. The summed E-state index contributed by atoms with van der Waals surface area (Å²) >= 11 is 19.2. The number of hydrogen-bond donors (Lipinski definition) is 2. The number of benzene rings is 1. The third-order valence-electron chi connectivity index (χ3n) is 3.01. The predicted molar refractivity (Wildman–Crippen MR) is 85.5 cm³/mol. The first-order chi connectivity index (χ1) is 8.71. The van der Waals surface area contributed by atoms with Gasteiger partial charge in [-0.15, -0.1) is 0 Å². The van der Waals surface area contributed by atoms with Crippen molar-refractivity contribution < 1.29 is 10.2 Å². The lowest BCUT2D eigenvalue weighted by molar-refractivity contribution is 0.187. The van der Waals surface area contributed by atoms with E-state index < -0.39 is 13.7 Å². The van der Waals surface area contributed by atoms with E-state index in [2.05, 4.69) is 31.9 Å². The molecule has 1 aromatic carbocycles. The second-order valence-electron chi connectivity index (χ2n) is 4.63. The molecule has 1 unspecified atom stereocenters. The molecule has 1 aliphatic carbocycles. The zero-order chi connectivity index (χ0) is 14.3. The summed E-state index contributed by atoms with van der Waals surface area (Å²) < 4.78 is -1.83. The first-order valence-corrected chi connectivity index (χ1v) is 7.98. The van der Waals surface area contributed by atoms with Crippen LogP contribution in [0.15, 0.2) is 35.9 Å². The number of aliphatic hydroxyl groups is 1. The molecule has 0 saturated carbocycles. The van der Waals surface area contributed by atoms with Gasteiger partial charge >= 0.3 is 0 Å². The Bertz CT molecular complexity index is 515. The molecular weight excluding hydrogens is 419 g/mol. The van der Waals surface area contributed by atoms with Crippen LogP contribution >= 0.6 is 55.1 Å². The van der Waals surface area contributed by atoms with E-state index in [9.17, 15) is 10.2 Å². The Morgan fingerprint density at radius 2 is 1.89 bits per heavy atom. The van der Waals surface area contributed by atoms with Crippen molar-refractivity contribution in [2.24, 2.45) is 0 Å². The molecule has 2 nitrogen and oxygen atoms in total. The second-order valence-corrected chi connectivity index (χ2v) is 10.1. The minimum atomic E-state index is -1.06. The monoisotopic (exact) mass is 428 g/mol. The number of halogens is 4. The summed E-state index contributed by atoms with van der Waals surface area (Å²) in [5, 5.41) is 20.1. The van der Waals surface area contributed by atoms with E-state index in [1.165, 1.54) is 0 Å². The summed E-state index contributed by atoms with van der Waals surface area (Å²) in [6.07, 6.45) is 1.58. The SMILES string of the molecule is Oc1ccccc1CC1=CC(Cl)(Cl)CC(Br)(Br)C1O. The van der Waals surface area contributed by atoms with Gasteiger partial charge in [0.05, 0.1) is 0 Å². The van der Waals surface area contributed by atoms with E-state index in [-0.39, 0.29) is 5.75 Å². The summed E-state index contributed by atoms with van der Waals surface area (Å²) in [6, 6.07) is 6.98. The van der Waals surface area contributed by atoms with Crippen LogP contribution in [0, 0.1) is 0 Å². The molecule has 0 amide bonds. The lowest BCUT2D eigenvalue weighted by Crippen LogP contribution is -2.41. The van der Waals surface area contributed by atoms with E-state index >= 15 is 0 Å². The molecule has 1 aromatic rings. The maximum atomic E-state index is 10.3. The van der Waals surface area contributed by atoms with Crippen LogP contribution in [-0.2, 0) is 6.42 Å². The maximum absolute atomic E-state index is 10.3. The number of phenolic OH excluding ortho intramolecular Hbond substituents is 1. The molecule has 0 radical (unpaired) electrons. The highest BCUT2D eigenvalue weighted by Gasteiger charge is 2.46. The number of para-hydroxylation sites is 1. The summed E-state index contributed by atoms with van der Waals surface area (Å²) in [4.78, 5) is 0. The standard InChI is InChI=1S/C13H12Br2Cl2O2/c14-13(15)7-12(16,17)6-9(11(13)19)5-8-3-1-2-4-10(8)18/h1-4,6,11,18-19H,5,7H2. The van der Waals surface area contributed by atoms with Gasteiger partial charge in [-0.3, -0.25) is 0 Å². The van der Waals surface area contributed by atoms with Crippen molar-refractivity contribution in [2.45, 2.75) is 26.5 Å². The third kappa shape index (κ3) is 3.67. The summed E-state index contributed by atoms with van der Waals surface area (Å²) in [6.45, 7) is 0. The van der Waals surface area contributed by atoms with E-state index in [1.807, 2.05) is 6.07 Å². The van der Waals surface area contributed by atoms with Crippen molar-refractivity contribution in [3.63, 3.8) is 0 Å². The molecule has 2 N–H and O–H groups in total. The zero-order valence-corrected chi connectivity index (χ0v) is 14.5. The first kappa shape index (κ1) is 15.6. The van der Waals surface area contributed by atoms with Crippen LogP contribution in [0.25, 0.3) is 0 Å². The highest BCUT2D eigenvalue weighted by atomic mass is 79.9. The topological polar surface area (TPSA) is 40.5 Å². The number of rotatable bonds is 2. The summed E-state index contributed by atoms with van der Waals surface area (Å²) in [5.74, 6) is 0.186. The van der Waals surface area contributed by atoms with Gasteiger partial charge in [0.2, 0.25) is 0 Å². The van der Waals surface area contributed by atoms with Crippen LogP contribution in [0.1, 0.15) is 12.0 Å². The van der Waals surface area contributed by atoms with Crippen molar-refractivity contribution in [1.29, 1.82) is 0 Å². The minimum absolute atomic E-state index is 0.186. The summed E-state index contributed by atoms with van der Waals surface area (Å²) in [7, 11) is 0. The van der Waals surface area contributed by atoms with Crippen molar-refractivity contribution in [3.05, 3.63) is 41.5 Å². The van der Waals surface area contributed by atoms with Crippen LogP contribution in [0.4, 0.5) is 0 Å². The van der Waals surface area contributed by atoms with Gasteiger partial charge < -0.3 is 10.2 Å². The van der Waals surface area contributed by atoms with Crippen LogP contribution in [0.5, 0.6) is 5.75 Å². The third-order valence-corrected chi connectivity index (χ3v) is 4.92. The van der Waals surface area contributed by atoms with E-state index in [0.29, 0.717) is 18.4 Å². The van der Waals surface area contributed by atoms with E-state index in [1.54, 1.807) is 24.3 Å². The Hall–Kier alpha value is 0.260. The molecule has 0 aromatic heterocycles. The quantitative estimate of drug-likeness (QED) is 0.543. The largest absolute Gasteiger partial charge is 0.508 e. The smallest absolute Gasteiger partial charge is 0.138 e. The normalized spacial score (nSPS) is 24.9. The minimum Gasteiger partial charge on any atom is -0.508 e. The number of allylic oxidation sites excluding steroid dienone is 1.